The van der Waals surface area contributed by atoms with Crippen LogP contribution < -0.4 is 16.0 Å². The van der Waals surface area contributed by atoms with E-state index < -0.39 is 42.2 Å². The smallest absolute Gasteiger partial charge is 0.305 e. The number of carboxylic acids is 1. The summed E-state index contributed by atoms with van der Waals surface area (Å²) in [4.78, 5) is 48.9. The van der Waals surface area contributed by atoms with Crippen molar-refractivity contribution in [2.45, 2.75) is 44.8 Å². The highest BCUT2D eigenvalue weighted by Crippen LogP contribution is 2.18. The van der Waals surface area contributed by atoms with Crippen LogP contribution in [0.25, 0.3) is 10.8 Å². The van der Waals surface area contributed by atoms with Gasteiger partial charge in [0.1, 0.15) is 12.1 Å². The summed E-state index contributed by atoms with van der Waals surface area (Å²) in [6.45, 7) is 1.78. The van der Waals surface area contributed by atoms with Crippen LogP contribution in [-0.2, 0) is 32.1 Å². The molecule has 3 amide bonds. The van der Waals surface area contributed by atoms with E-state index in [1.165, 1.54) is 6.92 Å². The average Bonchev–Trinajstić information content (AvgIpc) is 2.85. The molecule has 182 valence electrons. The van der Waals surface area contributed by atoms with Crippen LogP contribution in [0, 0.1) is 0 Å². The zero-order valence-corrected chi connectivity index (χ0v) is 19.5. The van der Waals surface area contributed by atoms with Crippen LogP contribution in [0.4, 0.5) is 0 Å². The van der Waals surface area contributed by atoms with E-state index >= 15 is 0 Å². The van der Waals surface area contributed by atoms with Gasteiger partial charge in [0, 0.05) is 13.0 Å². The summed E-state index contributed by atoms with van der Waals surface area (Å²) in [6.07, 6.45) is -0.0250. The highest BCUT2D eigenvalue weighted by molar-refractivity contribution is 5.94. The van der Waals surface area contributed by atoms with Crippen molar-refractivity contribution in [3.8, 4) is 0 Å². The van der Waals surface area contributed by atoms with Crippen molar-refractivity contribution in [2.75, 3.05) is 0 Å². The van der Waals surface area contributed by atoms with Gasteiger partial charge in [-0.3, -0.25) is 19.2 Å². The summed E-state index contributed by atoms with van der Waals surface area (Å²) in [5.74, 6) is -2.83. The van der Waals surface area contributed by atoms with Crippen LogP contribution in [0.5, 0.6) is 0 Å². The molecule has 8 heteroatoms. The zero-order chi connectivity index (χ0) is 25.2. The van der Waals surface area contributed by atoms with Gasteiger partial charge in [-0.2, -0.15) is 0 Å². The van der Waals surface area contributed by atoms with Crippen molar-refractivity contribution < 1.29 is 24.3 Å². The molecule has 3 aromatic carbocycles. The third-order valence-electron chi connectivity index (χ3n) is 5.60. The first-order chi connectivity index (χ1) is 16.8. The van der Waals surface area contributed by atoms with Crippen molar-refractivity contribution in [1.29, 1.82) is 0 Å². The van der Waals surface area contributed by atoms with Crippen molar-refractivity contribution in [3.05, 3.63) is 83.9 Å². The van der Waals surface area contributed by atoms with Crippen molar-refractivity contribution in [3.63, 3.8) is 0 Å². The Kier molecular flexibility index (Phi) is 8.95. The minimum atomic E-state index is -1.29. The molecule has 2 unspecified atom stereocenters. The Morgan fingerprint density at radius 3 is 2.26 bits per heavy atom. The van der Waals surface area contributed by atoms with E-state index in [0.717, 1.165) is 21.9 Å². The Balaban J connectivity index is 1.54. The maximum Gasteiger partial charge on any atom is 0.305 e. The standard InChI is InChI=1S/C27H29N3O5/c1-18(26(34)28-17-21-12-7-11-20-10-5-6-13-22(20)21)29-27(35)23(16-25(32)33)30-24(31)15-14-19-8-3-2-4-9-19/h2-13,18,23H,14-17H2,1H3,(H,28,34)(H,29,35)(H,30,31)(H,32,33). The Bertz CT molecular complexity index is 1190. The summed E-state index contributed by atoms with van der Waals surface area (Å²) in [7, 11) is 0. The molecule has 0 aliphatic rings. The number of carbonyl (C=O) groups is 4. The lowest BCUT2D eigenvalue weighted by Gasteiger charge is -2.20. The monoisotopic (exact) mass is 475 g/mol. The van der Waals surface area contributed by atoms with Gasteiger partial charge in [0.2, 0.25) is 17.7 Å². The van der Waals surface area contributed by atoms with E-state index in [0.29, 0.717) is 6.42 Å². The summed E-state index contributed by atoms with van der Waals surface area (Å²) in [5, 5.41) is 19.0. The molecule has 4 N–H and O–H groups in total. The quantitative estimate of drug-likeness (QED) is 0.339. The number of benzene rings is 3. The number of hydrogen-bond acceptors (Lipinski definition) is 4. The van der Waals surface area contributed by atoms with Gasteiger partial charge >= 0.3 is 5.97 Å². The molecule has 0 aliphatic carbocycles. The number of aliphatic carboxylic acids is 1. The minimum absolute atomic E-state index is 0.106. The van der Waals surface area contributed by atoms with Gasteiger partial charge in [0.05, 0.1) is 6.42 Å². The molecular formula is C27H29N3O5. The molecule has 2 atom stereocenters. The number of hydrogen-bond donors (Lipinski definition) is 4. The fraction of sp³-hybridized carbons (Fsp3) is 0.259. The summed E-state index contributed by atoms with van der Waals surface area (Å²) in [6, 6.07) is 20.8. The average molecular weight is 476 g/mol. The molecule has 3 aromatic rings. The lowest BCUT2D eigenvalue weighted by molar-refractivity contribution is -0.141. The van der Waals surface area contributed by atoms with Gasteiger partial charge in [0.25, 0.3) is 0 Å². The summed E-state index contributed by atoms with van der Waals surface area (Å²) >= 11 is 0. The molecule has 0 saturated carbocycles. The molecule has 0 fully saturated rings. The molecule has 0 spiro atoms. The van der Waals surface area contributed by atoms with E-state index in [1.54, 1.807) is 0 Å². The molecule has 8 nitrogen and oxygen atoms in total. The van der Waals surface area contributed by atoms with Gasteiger partial charge in [-0.15, -0.1) is 0 Å². The molecule has 0 heterocycles. The van der Waals surface area contributed by atoms with Crippen LogP contribution in [0.15, 0.2) is 72.8 Å². The van der Waals surface area contributed by atoms with Gasteiger partial charge in [-0.05, 0) is 35.2 Å². The molecule has 0 bridgehead atoms. The highest BCUT2D eigenvalue weighted by atomic mass is 16.4. The van der Waals surface area contributed by atoms with Crippen LogP contribution in [-0.4, -0.2) is 40.9 Å². The Hall–Kier alpha value is -4.20. The van der Waals surface area contributed by atoms with Crippen LogP contribution >= 0.6 is 0 Å². The lowest BCUT2D eigenvalue weighted by Crippen LogP contribution is -2.53. The number of carboxylic acid groups (broad SMARTS) is 1. The Morgan fingerprint density at radius 1 is 0.829 bits per heavy atom. The predicted octanol–water partition coefficient (Wildman–Crippen LogP) is 2.55. The second kappa shape index (κ2) is 12.3. The number of rotatable bonds is 11. The van der Waals surface area contributed by atoms with Crippen molar-refractivity contribution in [2.24, 2.45) is 0 Å². The number of aryl methyl sites for hydroxylation is 1. The predicted molar refractivity (Wildman–Crippen MR) is 132 cm³/mol. The molecule has 0 aliphatic heterocycles. The van der Waals surface area contributed by atoms with Crippen molar-refractivity contribution >= 4 is 34.5 Å². The third kappa shape index (κ3) is 7.67. The van der Waals surface area contributed by atoms with Crippen LogP contribution in [0.1, 0.15) is 30.9 Å². The van der Waals surface area contributed by atoms with Gasteiger partial charge < -0.3 is 21.1 Å². The Labute approximate surface area is 203 Å². The second-order valence-electron chi connectivity index (χ2n) is 8.29. The van der Waals surface area contributed by atoms with Crippen LogP contribution in [0.2, 0.25) is 0 Å². The second-order valence-corrected chi connectivity index (χ2v) is 8.29. The molecule has 35 heavy (non-hydrogen) atoms. The Morgan fingerprint density at radius 2 is 1.51 bits per heavy atom. The fourth-order valence-electron chi connectivity index (χ4n) is 3.71. The SMILES string of the molecule is CC(NC(=O)C(CC(=O)O)NC(=O)CCc1ccccc1)C(=O)NCc1cccc2ccccc12. The van der Waals surface area contributed by atoms with Crippen molar-refractivity contribution in [1.82, 2.24) is 16.0 Å². The third-order valence-corrected chi connectivity index (χ3v) is 5.60. The maximum atomic E-state index is 12.7. The normalized spacial score (nSPS) is 12.4. The molecule has 3 rings (SSSR count). The number of nitrogens with one attached hydrogen (secondary N) is 3. The van der Waals surface area contributed by atoms with E-state index in [9.17, 15) is 24.3 Å². The first-order valence-corrected chi connectivity index (χ1v) is 11.4. The van der Waals surface area contributed by atoms with E-state index in [2.05, 4.69) is 16.0 Å². The van der Waals surface area contributed by atoms with Gasteiger partial charge in [0.15, 0.2) is 0 Å². The largest absolute Gasteiger partial charge is 0.481 e. The molecule has 0 radical (unpaired) electrons. The zero-order valence-electron chi connectivity index (χ0n) is 19.5. The first kappa shape index (κ1) is 25.4. The van der Waals surface area contributed by atoms with E-state index in [1.807, 2.05) is 72.8 Å². The lowest BCUT2D eigenvalue weighted by atomic mass is 10.0. The summed E-state index contributed by atoms with van der Waals surface area (Å²) in [5.41, 5.74) is 1.89. The minimum Gasteiger partial charge on any atom is -0.481 e. The topological polar surface area (TPSA) is 125 Å². The molecule has 0 aromatic heterocycles. The molecule has 0 saturated heterocycles. The van der Waals surface area contributed by atoms with Gasteiger partial charge in [-0.1, -0.05) is 72.8 Å². The fourth-order valence-corrected chi connectivity index (χ4v) is 3.71. The first-order valence-electron chi connectivity index (χ1n) is 11.4. The number of fused-ring (bicyclic) bond motifs is 1. The highest BCUT2D eigenvalue weighted by Gasteiger charge is 2.26. The number of amides is 3. The summed E-state index contributed by atoms with van der Waals surface area (Å²) < 4.78 is 0. The maximum absolute atomic E-state index is 12.7. The molecular weight excluding hydrogens is 446 g/mol. The van der Waals surface area contributed by atoms with Gasteiger partial charge in [-0.25, -0.2) is 0 Å². The number of carbonyl (C=O) groups excluding carboxylic acids is 3. The van der Waals surface area contributed by atoms with E-state index in [-0.39, 0.29) is 13.0 Å². The van der Waals surface area contributed by atoms with Crippen LogP contribution in [0.3, 0.4) is 0 Å². The van der Waals surface area contributed by atoms with E-state index in [4.69, 9.17) is 0 Å².